The van der Waals surface area contributed by atoms with Crippen LogP contribution >= 0.6 is 0 Å². The van der Waals surface area contributed by atoms with Crippen molar-refractivity contribution in [2.75, 3.05) is 26.2 Å². The summed E-state index contributed by atoms with van der Waals surface area (Å²) in [6.45, 7) is 2.98. The number of aliphatic hydroxyl groups excluding tert-OH is 1. The summed E-state index contributed by atoms with van der Waals surface area (Å²) in [5.74, 6) is 5.44. The van der Waals surface area contributed by atoms with E-state index >= 15 is 0 Å². The summed E-state index contributed by atoms with van der Waals surface area (Å²) >= 11 is 0. The predicted octanol–water partition coefficient (Wildman–Crippen LogP) is 0.301. The van der Waals surface area contributed by atoms with Gasteiger partial charge in [-0.1, -0.05) is 17.9 Å². The minimum atomic E-state index is -0.182. The Hall–Kier alpha value is -2.32. The number of hydrogen-bond donors (Lipinski definition) is 2. The first-order valence-corrected chi connectivity index (χ1v) is 6.88. The van der Waals surface area contributed by atoms with E-state index < -0.39 is 0 Å². The molecule has 5 heteroatoms. The van der Waals surface area contributed by atoms with Crippen LogP contribution in [-0.4, -0.2) is 48.1 Å². The van der Waals surface area contributed by atoms with E-state index in [1.807, 2.05) is 19.1 Å². The topological polar surface area (TPSA) is 69.6 Å². The van der Waals surface area contributed by atoms with Gasteiger partial charge in [-0.15, -0.1) is 0 Å². The first-order valence-electron chi connectivity index (χ1n) is 6.88. The molecule has 0 aliphatic carbocycles. The summed E-state index contributed by atoms with van der Waals surface area (Å²) in [5, 5.41) is 11.5. The van der Waals surface area contributed by atoms with E-state index in [9.17, 15) is 9.59 Å². The van der Waals surface area contributed by atoms with Crippen LogP contribution in [0.3, 0.4) is 0 Å². The normalized spacial score (nSPS) is 14.2. The lowest BCUT2D eigenvalue weighted by molar-refractivity contribution is -0.123. The number of hydrogen-bond acceptors (Lipinski definition) is 3. The second-order valence-corrected chi connectivity index (χ2v) is 4.90. The molecule has 1 heterocycles. The molecule has 0 saturated carbocycles. The summed E-state index contributed by atoms with van der Waals surface area (Å²) in [4.78, 5) is 25.5. The Morgan fingerprint density at radius 2 is 2.29 bits per heavy atom. The van der Waals surface area contributed by atoms with Crippen LogP contribution in [0.25, 0.3) is 0 Å². The number of aryl methyl sites for hydroxylation is 1. The fourth-order valence-corrected chi connectivity index (χ4v) is 2.14. The molecule has 2 rings (SSSR count). The smallest absolute Gasteiger partial charge is 0.255 e. The van der Waals surface area contributed by atoms with Gasteiger partial charge in [0.2, 0.25) is 5.91 Å². The minimum absolute atomic E-state index is 0.00556. The number of carbonyl (C=O) groups is 2. The van der Waals surface area contributed by atoms with Gasteiger partial charge in [-0.25, -0.2) is 0 Å². The zero-order valence-electron chi connectivity index (χ0n) is 12.0. The van der Waals surface area contributed by atoms with Gasteiger partial charge in [0.1, 0.15) is 0 Å². The van der Waals surface area contributed by atoms with Crippen molar-refractivity contribution in [2.24, 2.45) is 0 Å². The highest BCUT2D eigenvalue weighted by Crippen LogP contribution is 2.14. The molecule has 0 spiro atoms. The van der Waals surface area contributed by atoms with Crippen LogP contribution in [0.1, 0.15) is 27.9 Å². The third-order valence-electron chi connectivity index (χ3n) is 3.19. The Kier molecular flexibility index (Phi) is 4.96. The Balaban J connectivity index is 2.28. The van der Waals surface area contributed by atoms with Crippen molar-refractivity contribution in [3.05, 3.63) is 34.9 Å². The van der Waals surface area contributed by atoms with E-state index in [4.69, 9.17) is 5.11 Å². The molecule has 21 heavy (non-hydrogen) atoms. The molecule has 2 amide bonds. The van der Waals surface area contributed by atoms with E-state index in [-0.39, 0.29) is 25.0 Å². The minimum Gasteiger partial charge on any atom is -0.395 e. The molecule has 1 aliphatic rings. The average molecular weight is 286 g/mol. The summed E-state index contributed by atoms with van der Waals surface area (Å²) in [6.07, 6.45) is 0.369. The molecule has 0 bridgehead atoms. The molecule has 2 N–H and O–H groups in total. The number of piperazine rings is 1. The fourth-order valence-electron chi connectivity index (χ4n) is 2.14. The molecular weight excluding hydrogens is 268 g/mol. The molecule has 0 atom stereocenters. The maximum atomic E-state index is 12.5. The first kappa shape index (κ1) is 15.1. The van der Waals surface area contributed by atoms with Gasteiger partial charge in [-0.2, -0.15) is 0 Å². The third-order valence-corrected chi connectivity index (χ3v) is 3.19. The van der Waals surface area contributed by atoms with Crippen molar-refractivity contribution in [1.29, 1.82) is 0 Å². The molecule has 0 aromatic heterocycles. The quantitative estimate of drug-likeness (QED) is 0.768. The Labute approximate surface area is 124 Å². The summed E-state index contributed by atoms with van der Waals surface area (Å²) in [5.41, 5.74) is 2.15. The predicted molar refractivity (Wildman–Crippen MR) is 78.7 cm³/mol. The van der Waals surface area contributed by atoms with Gasteiger partial charge >= 0.3 is 0 Å². The molecule has 0 unspecified atom stereocenters. The average Bonchev–Trinajstić information content (AvgIpc) is 2.47. The zero-order valence-corrected chi connectivity index (χ0v) is 12.0. The van der Waals surface area contributed by atoms with Crippen molar-refractivity contribution in [2.45, 2.75) is 13.3 Å². The van der Waals surface area contributed by atoms with Gasteiger partial charge in [0.15, 0.2) is 0 Å². The second-order valence-electron chi connectivity index (χ2n) is 4.90. The summed E-state index contributed by atoms with van der Waals surface area (Å²) < 4.78 is 0. The van der Waals surface area contributed by atoms with Crippen LogP contribution in [0.4, 0.5) is 0 Å². The van der Waals surface area contributed by atoms with Crippen LogP contribution in [0.15, 0.2) is 18.2 Å². The van der Waals surface area contributed by atoms with Crippen LogP contribution in [0.5, 0.6) is 0 Å². The molecule has 1 fully saturated rings. The van der Waals surface area contributed by atoms with E-state index in [0.717, 1.165) is 5.56 Å². The first-order chi connectivity index (χ1) is 10.1. The number of carbonyl (C=O) groups excluding carboxylic acids is 2. The van der Waals surface area contributed by atoms with Crippen LogP contribution < -0.4 is 5.32 Å². The number of amides is 2. The monoisotopic (exact) mass is 286 g/mol. The molecule has 1 aromatic carbocycles. The summed E-state index contributed by atoms with van der Waals surface area (Å²) in [6, 6.07) is 5.45. The highest BCUT2D eigenvalue weighted by atomic mass is 16.2. The van der Waals surface area contributed by atoms with Gasteiger partial charge in [-0.05, 0) is 24.6 Å². The molecule has 1 aliphatic heterocycles. The lowest BCUT2D eigenvalue weighted by Gasteiger charge is -2.27. The largest absolute Gasteiger partial charge is 0.395 e. The number of nitrogens with zero attached hydrogens (tertiary/aromatic N) is 1. The zero-order chi connectivity index (χ0) is 15.2. The molecule has 1 saturated heterocycles. The number of nitrogens with one attached hydrogen (secondary N) is 1. The standard InChI is InChI=1S/C16H18N2O3/c1-12-5-6-14(13(10-12)4-2-3-9-19)16(21)18-8-7-17-15(20)11-18/h5-6,10,19H,3,7-9,11H2,1H3,(H,17,20). The van der Waals surface area contributed by atoms with Crippen LogP contribution in [-0.2, 0) is 4.79 Å². The molecule has 5 nitrogen and oxygen atoms in total. The fraction of sp³-hybridized carbons (Fsp3) is 0.375. The van der Waals surface area contributed by atoms with E-state index in [1.54, 1.807) is 6.07 Å². The van der Waals surface area contributed by atoms with E-state index in [2.05, 4.69) is 17.2 Å². The Bertz CT molecular complexity index is 614. The highest BCUT2D eigenvalue weighted by Gasteiger charge is 2.23. The van der Waals surface area contributed by atoms with E-state index in [0.29, 0.717) is 30.6 Å². The van der Waals surface area contributed by atoms with Crippen molar-refractivity contribution in [3.63, 3.8) is 0 Å². The number of benzene rings is 1. The van der Waals surface area contributed by atoms with Gasteiger partial charge in [0.25, 0.3) is 5.91 Å². The second kappa shape index (κ2) is 6.91. The maximum absolute atomic E-state index is 12.5. The lowest BCUT2D eigenvalue weighted by Crippen LogP contribution is -2.50. The van der Waals surface area contributed by atoms with Gasteiger partial charge in [0, 0.05) is 25.1 Å². The van der Waals surface area contributed by atoms with Gasteiger partial charge < -0.3 is 15.3 Å². The highest BCUT2D eigenvalue weighted by molar-refractivity contribution is 5.99. The third kappa shape index (κ3) is 3.83. The molecule has 0 radical (unpaired) electrons. The number of aliphatic hydroxyl groups is 1. The molecule has 110 valence electrons. The van der Waals surface area contributed by atoms with Gasteiger partial charge in [0.05, 0.1) is 18.7 Å². The SMILES string of the molecule is Cc1ccc(C(=O)N2CCNC(=O)C2)c(C#CCCO)c1. The van der Waals surface area contributed by atoms with Crippen molar-refractivity contribution >= 4 is 11.8 Å². The van der Waals surface area contributed by atoms with Crippen molar-refractivity contribution in [3.8, 4) is 11.8 Å². The maximum Gasteiger partial charge on any atom is 0.255 e. The van der Waals surface area contributed by atoms with Gasteiger partial charge in [-0.3, -0.25) is 9.59 Å². The molecule has 1 aromatic rings. The van der Waals surface area contributed by atoms with Crippen LogP contribution in [0, 0.1) is 18.8 Å². The molecular formula is C16H18N2O3. The van der Waals surface area contributed by atoms with Crippen molar-refractivity contribution < 1.29 is 14.7 Å². The lowest BCUT2D eigenvalue weighted by atomic mass is 10.0. The Morgan fingerprint density at radius 3 is 3.00 bits per heavy atom. The summed E-state index contributed by atoms with van der Waals surface area (Å²) in [7, 11) is 0. The number of rotatable bonds is 2. The Morgan fingerprint density at radius 1 is 1.48 bits per heavy atom. The van der Waals surface area contributed by atoms with E-state index in [1.165, 1.54) is 4.90 Å². The van der Waals surface area contributed by atoms with Crippen LogP contribution in [0.2, 0.25) is 0 Å². The van der Waals surface area contributed by atoms with Crippen molar-refractivity contribution in [1.82, 2.24) is 10.2 Å².